The third-order valence-corrected chi connectivity index (χ3v) is 3.93. The molecule has 1 heterocycles. The van der Waals surface area contributed by atoms with E-state index in [-0.39, 0.29) is 18.1 Å². The highest BCUT2D eigenvalue weighted by Gasteiger charge is 2.25. The predicted octanol–water partition coefficient (Wildman–Crippen LogP) is 2.25. The highest BCUT2D eigenvalue weighted by Crippen LogP contribution is 2.29. The van der Waals surface area contributed by atoms with E-state index < -0.39 is 0 Å². The molecular weight excluding hydrogens is 242 g/mol. The number of carbonyl (C=O) groups is 1. The summed E-state index contributed by atoms with van der Waals surface area (Å²) in [5, 5.41) is 12.8. The van der Waals surface area contributed by atoms with Crippen molar-refractivity contribution in [2.75, 3.05) is 5.32 Å². The molecule has 0 unspecified atom stereocenters. The van der Waals surface area contributed by atoms with Crippen LogP contribution in [0.5, 0.6) is 5.75 Å². The molecule has 4 nitrogen and oxygen atoms in total. The van der Waals surface area contributed by atoms with Crippen LogP contribution in [-0.4, -0.2) is 23.2 Å². The number of aliphatic hydroxyl groups excluding tert-OH is 1. The van der Waals surface area contributed by atoms with Crippen LogP contribution in [0.4, 0.5) is 5.69 Å². The maximum absolute atomic E-state index is 11.3. The predicted molar refractivity (Wildman–Crippen MR) is 72.3 cm³/mol. The molecule has 1 aliphatic heterocycles. The largest absolute Gasteiger partial charge is 0.488 e. The molecule has 1 aromatic carbocycles. The summed E-state index contributed by atoms with van der Waals surface area (Å²) in [7, 11) is 0. The quantitative estimate of drug-likeness (QED) is 0.858. The molecule has 4 heteroatoms. The topological polar surface area (TPSA) is 58.6 Å². The Balaban J connectivity index is 1.73. The molecule has 1 aromatic rings. The van der Waals surface area contributed by atoms with Gasteiger partial charge in [0.1, 0.15) is 11.9 Å². The summed E-state index contributed by atoms with van der Waals surface area (Å²) in [5.41, 5.74) is 2.00. The average molecular weight is 261 g/mol. The SMILES string of the molecule is O=C1CCc2cc(O[C@H]3CCCC[C@@H]3O)ccc2N1. The Morgan fingerprint density at radius 2 is 2.05 bits per heavy atom. The van der Waals surface area contributed by atoms with E-state index in [9.17, 15) is 9.90 Å². The van der Waals surface area contributed by atoms with Crippen molar-refractivity contribution in [2.24, 2.45) is 0 Å². The molecular formula is C15H19NO3. The molecule has 1 amide bonds. The first-order valence-electron chi connectivity index (χ1n) is 7.00. The average Bonchev–Trinajstić information content (AvgIpc) is 2.41. The maximum atomic E-state index is 11.3. The van der Waals surface area contributed by atoms with Crippen molar-refractivity contribution in [2.45, 2.75) is 50.7 Å². The molecule has 0 bridgehead atoms. The Morgan fingerprint density at radius 3 is 2.89 bits per heavy atom. The van der Waals surface area contributed by atoms with Gasteiger partial charge in [-0.3, -0.25) is 4.79 Å². The Kier molecular flexibility index (Phi) is 3.42. The number of hydrogen-bond acceptors (Lipinski definition) is 3. The van der Waals surface area contributed by atoms with Gasteiger partial charge in [-0.15, -0.1) is 0 Å². The van der Waals surface area contributed by atoms with Gasteiger partial charge in [0.15, 0.2) is 0 Å². The van der Waals surface area contributed by atoms with Gasteiger partial charge >= 0.3 is 0 Å². The first-order valence-corrected chi connectivity index (χ1v) is 7.00. The number of amides is 1. The van der Waals surface area contributed by atoms with Crippen LogP contribution in [0, 0.1) is 0 Å². The molecule has 0 radical (unpaired) electrons. The number of rotatable bonds is 2. The van der Waals surface area contributed by atoms with Crippen LogP contribution in [-0.2, 0) is 11.2 Å². The van der Waals surface area contributed by atoms with Crippen LogP contribution in [0.2, 0.25) is 0 Å². The van der Waals surface area contributed by atoms with Gasteiger partial charge in [-0.2, -0.15) is 0 Å². The Bertz CT molecular complexity index is 486. The summed E-state index contributed by atoms with van der Waals surface area (Å²) >= 11 is 0. The molecule has 19 heavy (non-hydrogen) atoms. The molecule has 0 saturated heterocycles. The fourth-order valence-corrected chi connectivity index (χ4v) is 2.82. The van der Waals surface area contributed by atoms with Gasteiger partial charge in [0, 0.05) is 12.1 Å². The van der Waals surface area contributed by atoms with Crippen LogP contribution >= 0.6 is 0 Å². The fraction of sp³-hybridized carbons (Fsp3) is 0.533. The second-order valence-corrected chi connectivity index (χ2v) is 5.38. The Morgan fingerprint density at radius 1 is 1.21 bits per heavy atom. The summed E-state index contributed by atoms with van der Waals surface area (Å²) in [5.74, 6) is 0.865. The number of fused-ring (bicyclic) bond motifs is 1. The minimum atomic E-state index is -0.357. The van der Waals surface area contributed by atoms with E-state index in [2.05, 4.69) is 5.32 Å². The maximum Gasteiger partial charge on any atom is 0.224 e. The molecule has 2 atom stereocenters. The molecule has 102 valence electrons. The normalized spacial score (nSPS) is 26.5. The van der Waals surface area contributed by atoms with Gasteiger partial charge in [0.2, 0.25) is 5.91 Å². The van der Waals surface area contributed by atoms with Crippen molar-refractivity contribution in [1.82, 2.24) is 0 Å². The van der Waals surface area contributed by atoms with E-state index >= 15 is 0 Å². The Hall–Kier alpha value is -1.55. The highest BCUT2D eigenvalue weighted by atomic mass is 16.5. The first kappa shape index (κ1) is 12.5. The molecule has 2 N–H and O–H groups in total. The number of ether oxygens (including phenoxy) is 1. The van der Waals surface area contributed by atoms with Crippen molar-refractivity contribution >= 4 is 11.6 Å². The zero-order valence-electron chi connectivity index (χ0n) is 10.9. The number of anilines is 1. The summed E-state index contributed by atoms with van der Waals surface area (Å²) in [6, 6.07) is 5.73. The van der Waals surface area contributed by atoms with Gasteiger partial charge in [0.25, 0.3) is 0 Å². The monoisotopic (exact) mass is 261 g/mol. The second-order valence-electron chi connectivity index (χ2n) is 5.38. The molecule has 1 saturated carbocycles. The number of carbonyl (C=O) groups excluding carboxylic acids is 1. The molecule has 0 aromatic heterocycles. The number of hydrogen-bond donors (Lipinski definition) is 2. The summed E-state index contributed by atoms with van der Waals surface area (Å²) in [6.45, 7) is 0. The van der Waals surface area contributed by atoms with Gasteiger partial charge in [-0.05, 0) is 49.4 Å². The van der Waals surface area contributed by atoms with E-state index in [1.54, 1.807) is 0 Å². The zero-order chi connectivity index (χ0) is 13.2. The number of nitrogens with one attached hydrogen (secondary N) is 1. The lowest BCUT2D eigenvalue weighted by atomic mass is 9.94. The van der Waals surface area contributed by atoms with E-state index in [1.807, 2.05) is 18.2 Å². The van der Waals surface area contributed by atoms with Gasteiger partial charge in [-0.1, -0.05) is 6.42 Å². The zero-order valence-corrected chi connectivity index (χ0v) is 10.9. The van der Waals surface area contributed by atoms with Crippen molar-refractivity contribution in [3.63, 3.8) is 0 Å². The number of aryl methyl sites for hydroxylation is 1. The van der Waals surface area contributed by atoms with Crippen molar-refractivity contribution < 1.29 is 14.6 Å². The summed E-state index contributed by atoms with van der Waals surface area (Å²) in [6.07, 6.45) is 4.77. The summed E-state index contributed by atoms with van der Waals surface area (Å²) in [4.78, 5) is 11.3. The lowest BCUT2D eigenvalue weighted by Crippen LogP contribution is -2.34. The highest BCUT2D eigenvalue weighted by molar-refractivity contribution is 5.93. The fourth-order valence-electron chi connectivity index (χ4n) is 2.82. The lowest BCUT2D eigenvalue weighted by Gasteiger charge is -2.28. The lowest BCUT2D eigenvalue weighted by molar-refractivity contribution is -0.116. The van der Waals surface area contributed by atoms with Gasteiger partial charge in [0.05, 0.1) is 6.10 Å². The number of aliphatic hydroxyl groups is 1. The molecule has 1 fully saturated rings. The summed E-state index contributed by atoms with van der Waals surface area (Å²) < 4.78 is 5.90. The van der Waals surface area contributed by atoms with Crippen molar-refractivity contribution in [3.05, 3.63) is 23.8 Å². The molecule has 3 rings (SSSR count). The van der Waals surface area contributed by atoms with Crippen LogP contribution in [0.1, 0.15) is 37.7 Å². The van der Waals surface area contributed by atoms with E-state index in [0.29, 0.717) is 6.42 Å². The van der Waals surface area contributed by atoms with Crippen LogP contribution in [0.25, 0.3) is 0 Å². The standard InChI is InChI=1S/C15H19NO3/c17-13-3-1-2-4-14(13)19-11-6-7-12-10(9-11)5-8-15(18)16-12/h6-7,9,13-14,17H,1-5,8H2,(H,16,18)/t13-,14-/m0/s1. The van der Waals surface area contributed by atoms with Crippen LogP contribution in [0.15, 0.2) is 18.2 Å². The van der Waals surface area contributed by atoms with Crippen LogP contribution < -0.4 is 10.1 Å². The van der Waals surface area contributed by atoms with E-state index in [1.165, 1.54) is 0 Å². The van der Waals surface area contributed by atoms with E-state index in [4.69, 9.17) is 4.74 Å². The Labute approximate surface area is 112 Å². The minimum absolute atomic E-state index is 0.0730. The second kappa shape index (κ2) is 5.21. The van der Waals surface area contributed by atoms with Crippen molar-refractivity contribution in [1.29, 1.82) is 0 Å². The first-order chi connectivity index (χ1) is 9.22. The third-order valence-electron chi connectivity index (χ3n) is 3.93. The van der Waals surface area contributed by atoms with Crippen LogP contribution in [0.3, 0.4) is 0 Å². The molecule has 2 aliphatic rings. The molecule has 1 aliphatic carbocycles. The smallest absolute Gasteiger partial charge is 0.224 e. The van der Waals surface area contributed by atoms with Crippen molar-refractivity contribution in [3.8, 4) is 5.75 Å². The van der Waals surface area contributed by atoms with E-state index in [0.717, 1.165) is 49.1 Å². The molecule has 0 spiro atoms. The van der Waals surface area contributed by atoms with Gasteiger partial charge in [-0.25, -0.2) is 0 Å². The number of benzene rings is 1. The van der Waals surface area contributed by atoms with Gasteiger partial charge < -0.3 is 15.2 Å². The third kappa shape index (κ3) is 2.73. The minimum Gasteiger partial charge on any atom is -0.488 e.